The van der Waals surface area contributed by atoms with Gasteiger partial charge in [0.2, 0.25) is 5.91 Å². The molecule has 0 fully saturated rings. The van der Waals surface area contributed by atoms with Crippen LogP contribution in [0, 0.1) is 0 Å². The first kappa shape index (κ1) is 17.6. The van der Waals surface area contributed by atoms with Crippen LogP contribution in [0.25, 0.3) is 0 Å². The maximum atomic E-state index is 11.8. The molecule has 1 aromatic carbocycles. The minimum Gasteiger partial charge on any atom is -0.380 e. The molecule has 0 aliphatic heterocycles. The molecule has 0 unspecified atom stereocenters. The third kappa shape index (κ3) is 7.80. The van der Waals surface area contributed by atoms with E-state index in [-0.39, 0.29) is 5.91 Å². The molecule has 0 heterocycles. The van der Waals surface area contributed by atoms with E-state index in [1.54, 1.807) is 0 Å². The van der Waals surface area contributed by atoms with E-state index >= 15 is 0 Å². The molecule has 0 aliphatic rings. The van der Waals surface area contributed by atoms with Crippen molar-refractivity contribution in [3.63, 3.8) is 0 Å². The Balaban J connectivity index is 2.18. The number of likely N-dealkylation sites (N-methyl/N-ethyl adjacent to an activating group) is 1. The zero-order valence-corrected chi connectivity index (χ0v) is 13.1. The number of anilines is 1. The second-order valence-electron chi connectivity index (χ2n) is 5.05. The summed E-state index contributed by atoms with van der Waals surface area (Å²) in [6.07, 6.45) is 1.37. The molecule has 0 atom stereocenters. The van der Waals surface area contributed by atoms with E-state index in [1.807, 2.05) is 38.2 Å². The molecule has 0 bridgehead atoms. The van der Waals surface area contributed by atoms with E-state index < -0.39 is 0 Å². The van der Waals surface area contributed by atoms with Crippen molar-refractivity contribution in [1.82, 2.24) is 4.90 Å². The van der Waals surface area contributed by atoms with Crippen LogP contribution in [-0.2, 0) is 16.1 Å². The lowest BCUT2D eigenvalue weighted by atomic mass is 10.2. The fourth-order valence-electron chi connectivity index (χ4n) is 1.93. The van der Waals surface area contributed by atoms with E-state index in [0.717, 1.165) is 44.0 Å². The lowest BCUT2D eigenvalue weighted by Crippen LogP contribution is -2.25. The van der Waals surface area contributed by atoms with Gasteiger partial charge in [-0.3, -0.25) is 4.79 Å². The SMILES string of the molecule is CCOCCN(C)CCCC(=O)Nc1ccc(CN)cc1. The van der Waals surface area contributed by atoms with Gasteiger partial charge in [0, 0.05) is 31.8 Å². The van der Waals surface area contributed by atoms with Gasteiger partial charge in [0.05, 0.1) is 6.61 Å². The van der Waals surface area contributed by atoms with Crippen LogP contribution in [0.1, 0.15) is 25.3 Å². The summed E-state index contributed by atoms with van der Waals surface area (Å²) in [5.41, 5.74) is 7.42. The van der Waals surface area contributed by atoms with Crippen LogP contribution >= 0.6 is 0 Å². The van der Waals surface area contributed by atoms with Crippen LogP contribution in [-0.4, -0.2) is 44.2 Å². The monoisotopic (exact) mass is 293 g/mol. The number of carbonyl (C=O) groups is 1. The van der Waals surface area contributed by atoms with Gasteiger partial charge in [0.1, 0.15) is 0 Å². The summed E-state index contributed by atoms with van der Waals surface area (Å²) in [6, 6.07) is 7.62. The van der Waals surface area contributed by atoms with Crippen molar-refractivity contribution in [3.8, 4) is 0 Å². The molecule has 0 aromatic heterocycles. The molecular formula is C16H27N3O2. The Kier molecular flexibility index (Phi) is 8.66. The van der Waals surface area contributed by atoms with Gasteiger partial charge < -0.3 is 20.7 Å². The summed E-state index contributed by atoms with van der Waals surface area (Å²) < 4.78 is 5.30. The van der Waals surface area contributed by atoms with Crippen molar-refractivity contribution in [1.29, 1.82) is 0 Å². The van der Waals surface area contributed by atoms with Gasteiger partial charge in [-0.05, 0) is 44.6 Å². The summed E-state index contributed by atoms with van der Waals surface area (Å²) >= 11 is 0. The van der Waals surface area contributed by atoms with Crippen LogP contribution < -0.4 is 11.1 Å². The van der Waals surface area contributed by atoms with Gasteiger partial charge in [-0.2, -0.15) is 0 Å². The Hall–Kier alpha value is -1.43. The van der Waals surface area contributed by atoms with E-state index in [4.69, 9.17) is 10.5 Å². The van der Waals surface area contributed by atoms with Crippen LogP contribution in [0.2, 0.25) is 0 Å². The van der Waals surface area contributed by atoms with Crippen molar-refractivity contribution < 1.29 is 9.53 Å². The third-order valence-corrected chi connectivity index (χ3v) is 3.24. The zero-order valence-electron chi connectivity index (χ0n) is 13.1. The van der Waals surface area contributed by atoms with E-state index in [2.05, 4.69) is 10.2 Å². The number of rotatable bonds is 10. The number of hydrogen-bond acceptors (Lipinski definition) is 4. The average Bonchev–Trinajstić information content (AvgIpc) is 2.48. The normalized spacial score (nSPS) is 10.9. The molecule has 3 N–H and O–H groups in total. The van der Waals surface area contributed by atoms with Gasteiger partial charge in [-0.1, -0.05) is 12.1 Å². The molecule has 1 aromatic rings. The predicted molar refractivity (Wildman–Crippen MR) is 86.2 cm³/mol. The quantitative estimate of drug-likeness (QED) is 0.646. The average molecular weight is 293 g/mol. The van der Waals surface area contributed by atoms with Crippen molar-refractivity contribution in [2.24, 2.45) is 5.73 Å². The van der Waals surface area contributed by atoms with Gasteiger partial charge >= 0.3 is 0 Å². The number of hydrogen-bond donors (Lipinski definition) is 2. The predicted octanol–water partition coefficient (Wildman–Crippen LogP) is 1.83. The fraction of sp³-hybridized carbons (Fsp3) is 0.562. The van der Waals surface area contributed by atoms with Gasteiger partial charge in [-0.25, -0.2) is 0 Å². The standard InChI is InChI=1S/C16H27N3O2/c1-3-21-12-11-19(2)10-4-5-16(20)18-15-8-6-14(13-17)7-9-15/h6-9H,3-5,10-13,17H2,1-2H3,(H,18,20). The van der Waals surface area contributed by atoms with Gasteiger partial charge in [0.25, 0.3) is 0 Å². The topological polar surface area (TPSA) is 67.6 Å². The molecule has 21 heavy (non-hydrogen) atoms. The second-order valence-corrected chi connectivity index (χ2v) is 5.05. The molecule has 0 saturated heterocycles. The molecule has 0 saturated carbocycles. The maximum Gasteiger partial charge on any atom is 0.224 e. The Bertz CT molecular complexity index is 406. The van der Waals surface area contributed by atoms with Crippen LogP contribution in [0.15, 0.2) is 24.3 Å². The second kappa shape index (κ2) is 10.3. The lowest BCUT2D eigenvalue weighted by molar-refractivity contribution is -0.116. The first-order valence-electron chi connectivity index (χ1n) is 7.50. The van der Waals surface area contributed by atoms with E-state index in [1.165, 1.54) is 0 Å². The number of benzene rings is 1. The lowest BCUT2D eigenvalue weighted by Gasteiger charge is -2.16. The van der Waals surface area contributed by atoms with Crippen molar-refractivity contribution in [2.45, 2.75) is 26.3 Å². The number of nitrogens with one attached hydrogen (secondary N) is 1. The van der Waals surface area contributed by atoms with Gasteiger partial charge in [-0.15, -0.1) is 0 Å². The third-order valence-electron chi connectivity index (χ3n) is 3.24. The number of amides is 1. The molecular weight excluding hydrogens is 266 g/mol. The van der Waals surface area contributed by atoms with Crippen LogP contribution in [0.5, 0.6) is 0 Å². The molecule has 0 aliphatic carbocycles. The van der Waals surface area contributed by atoms with Crippen molar-refractivity contribution in [3.05, 3.63) is 29.8 Å². The number of nitrogens with two attached hydrogens (primary N) is 1. The van der Waals surface area contributed by atoms with Crippen molar-refractivity contribution in [2.75, 3.05) is 38.7 Å². The van der Waals surface area contributed by atoms with Crippen LogP contribution in [0.4, 0.5) is 5.69 Å². The molecule has 5 heteroatoms. The Labute approximate surface area is 127 Å². The Morgan fingerprint density at radius 1 is 1.29 bits per heavy atom. The summed E-state index contributed by atoms with van der Waals surface area (Å²) in [6.45, 7) is 5.79. The molecule has 1 amide bonds. The van der Waals surface area contributed by atoms with Crippen molar-refractivity contribution >= 4 is 11.6 Å². The number of ether oxygens (including phenoxy) is 1. The first-order valence-corrected chi connectivity index (χ1v) is 7.50. The first-order chi connectivity index (χ1) is 10.2. The smallest absolute Gasteiger partial charge is 0.224 e. The van der Waals surface area contributed by atoms with E-state index in [9.17, 15) is 4.79 Å². The highest BCUT2D eigenvalue weighted by Crippen LogP contribution is 2.09. The number of carbonyl (C=O) groups excluding carboxylic acids is 1. The van der Waals surface area contributed by atoms with Gasteiger partial charge in [0.15, 0.2) is 0 Å². The summed E-state index contributed by atoms with van der Waals surface area (Å²) in [5, 5.41) is 2.90. The summed E-state index contributed by atoms with van der Waals surface area (Å²) in [4.78, 5) is 14.0. The molecule has 5 nitrogen and oxygen atoms in total. The highest BCUT2D eigenvalue weighted by molar-refractivity contribution is 5.90. The largest absolute Gasteiger partial charge is 0.380 e. The molecule has 0 radical (unpaired) electrons. The highest BCUT2D eigenvalue weighted by atomic mass is 16.5. The zero-order chi connectivity index (χ0) is 15.5. The fourth-order valence-corrected chi connectivity index (χ4v) is 1.93. The Morgan fingerprint density at radius 2 is 2.00 bits per heavy atom. The van der Waals surface area contributed by atoms with Crippen LogP contribution in [0.3, 0.4) is 0 Å². The minimum absolute atomic E-state index is 0.0497. The maximum absolute atomic E-state index is 11.8. The minimum atomic E-state index is 0.0497. The highest BCUT2D eigenvalue weighted by Gasteiger charge is 2.04. The molecule has 1 rings (SSSR count). The molecule has 118 valence electrons. The van der Waals surface area contributed by atoms with E-state index in [0.29, 0.717) is 13.0 Å². The summed E-state index contributed by atoms with van der Waals surface area (Å²) in [5.74, 6) is 0.0497. The number of nitrogens with zero attached hydrogens (tertiary/aromatic N) is 1. The molecule has 0 spiro atoms. The Morgan fingerprint density at radius 3 is 2.62 bits per heavy atom. The summed E-state index contributed by atoms with van der Waals surface area (Å²) in [7, 11) is 2.04.